The lowest BCUT2D eigenvalue weighted by molar-refractivity contribution is -0.533. The maximum atomic E-state index is 12.8. The van der Waals surface area contributed by atoms with Crippen LogP contribution in [0, 0.1) is 0 Å². The van der Waals surface area contributed by atoms with Gasteiger partial charge in [-0.3, -0.25) is 4.79 Å². The molecule has 1 N–H and O–H groups in total. The third-order valence-corrected chi connectivity index (χ3v) is 4.70. The maximum Gasteiger partial charge on any atom is 0.283 e. The van der Waals surface area contributed by atoms with Gasteiger partial charge in [0.1, 0.15) is 13.1 Å². The Morgan fingerprint density at radius 2 is 1.95 bits per heavy atom. The predicted molar refractivity (Wildman–Crippen MR) is 85.0 cm³/mol. The second-order valence-corrected chi connectivity index (χ2v) is 5.93. The lowest BCUT2D eigenvalue weighted by atomic mass is 10.1. The molecule has 3 rings (SSSR count). The van der Waals surface area contributed by atoms with Gasteiger partial charge in [0, 0.05) is 29.9 Å². The van der Waals surface area contributed by atoms with Crippen LogP contribution in [0.25, 0.3) is 10.9 Å². The summed E-state index contributed by atoms with van der Waals surface area (Å²) in [5.41, 5.74) is 1.81. The molecule has 0 amide bonds. The highest BCUT2D eigenvalue weighted by molar-refractivity contribution is 8.14. The Morgan fingerprint density at radius 3 is 2.70 bits per heavy atom. The van der Waals surface area contributed by atoms with Gasteiger partial charge in [0.15, 0.2) is 0 Å². The van der Waals surface area contributed by atoms with Crippen LogP contribution >= 0.6 is 11.8 Å². The lowest BCUT2D eigenvalue weighted by Crippen LogP contribution is -2.30. The minimum Gasteiger partial charge on any atom is -0.360 e. The summed E-state index contributed by atoms with van der Waals surface area (Å²) in [7, 11) is 0. The smallest absolute Gasteiger partial charge is 0.283 e. The molecule has 0 spiro atoms. The van der Waals surface area contributed by atoms with Gasteiger partial charge >= 0.3 is 0 Å². The van der Waals surface area contributed by atoms with Gasteiger partial charge in [0.25, 0.3) is 10.8 Å². The molecule has 2 aromatic rings. The first-order valence-electron chi connectivity index (χ1n) is 7.08. The van der Waals surface area contributed by atoms with E-state index in [4.69, 9.17) is 0 Å². The molecule has 0 atom stereocenters. The molecule has 0 saturated carbocycles. The van der Waals surface area contributed by atoms with Gasteiger partial charge in [-0.25, -0.2) is 4.58 Å². The standard InChI is InChI=1S/C16H18N2OS/c1-20-16(18-9-5-2-6-10-18)15(19)13-11-17-14-8-4-3-7-12(13)14/h3-4,7-8,11H,2,5-6,9-10H2,1H3/p+1. The summed E-state index contributed by atoms with van der Waals surface area (Å²) in [6, 6.07) is 7.97. The zero-order valence-corrected chi connectivity index (χ0v) is 12.5. The number of thioether (sulfide) groups is 1. The summed E-state index contributed by atoms with van der Waals surface area (Å²) in [4.78, 5) is 16.0. The number of ketones is 1. The number of H-pyrrole nitrogens is 1. The number of carbonyl (C=O) groups is 1. The summed E-state index contributed by atoms with van der Waals surface area (Å²) in [6.07, 6.45) is 7.49. The first kappa shape index (κ1) is 13.4. The molecule has 1 aliphatic rings. The van der Waals surface area contributed by atoms with Crippen molar-refractivity contribution in [2.75, 3.05) is 19.3 Å². The van der Waals surface area contributed by atoms with Crippen molar-refractivity contribution in [3.05, 3.63) is 36.0 Å². The average Bonchev–Trinajstić information content (AvgIpc) is 2.93. The van der Waals surface area contributed by atoms with Crippen LogP contribution in [-0.2, 0) is 0 Å². The average molecular weight is 287 g/mol. The summed E-state index contributed by atoms with van der Waals surface area (Å²) < 4.78 is 2.25. The lowest BCUT2D eigenvalue weighted by Gasteiger charge is -2.12. The first-order valence-corrected chi connectivity index (χ1v) is 8.30. The molecule has 1 saturated heterocycles. The Labute approximate surface area is 123 Å². The normalized spacial score (nSPS) is 15.6. The van der Waals surface area contributed by atoms with Crippen molar-refractivity contribution in [2.45, 2.75) is 19.3 Å². The number of hydrogen-bond donors (Lipinski definition) is 1. The van der Waals surface area contributed by atoms with Crippen LogP contribution in [0.15, 0.2) is 30.5 Å². The van der Waals surface area contributed by atoms with Crippen molar-refractivity contribution in [1.29, 1.82) is 0 Å². The number of aromatic nitrogens is 1. The van der Waals surface area contributed by atoms with Crippen molar-refractivity contribution >= 4 is 33.5 Å². The van der Waals surface area contributed by atoms with Crippen LogP contribution in [-0.4, -0.2) is 39.7 Å². The Hall–Kier alpha value is -1.55. The van der Waals surface area contributed by atoms with Gasteiger partial charge in [-0.05, 0) is 18.7 Å². The zero-order chi connectivity index (χ0) is 13.9. The third kappa shape index (κ3) is 2.40. The van der Waals surface area contributed by atoms with Crippen molar-refractivity contribution < 1.29 is 9.37 Å². The topological polar surface area (TPSA) is 35.9 Å². The minimum atomic E-state index is 0.150. The number of para-hydroxylation sites is 1. The minimum absolute atomic E-state index is 0.150. The third-order valence-electron chi connectivity index (χ3n) is 3.86. The number of nitrogens with one attached hydrogen (secondary N) is 1. The van der Waals surface area contributed by atoms with Crippen molar-refractivity contribution in [1.82, 2.24) is 4.98 Å². The largest absolute Gasteiger partial charge is 0.360 e. The van der Waals surface area contributed by atoms with E-state index < -0.39 is 0 Å². The van der Waals surface area contributed by atoms with Gasteiger partial charge in [-0.2, -0.15) is 0 Å². The quantitative estimate of drug-likeness (QED) is 0.522. The van der Waals surface area contributed by atoms with Crippen LogP contribution in [0.2, 0.25) is 0 Å². The predicted octanol–water partition coefficient (Wildman–Crippen LogP) is 3.31. The monoisotopic (exact) mass is 287 g/mol. The van der Waals surface area contributed by atoms with Gasteiger partial charge in [-0.1, -0.05) is 30.0 Å². The highest BCUT2D eigenvalue weighted by atomic mass is 32.2. The van der Waals surface area contributed by atoms with Gasteiger partial charge in [0.05, 0.1) is 5.56 Å². The number of piperidine rings is 1. The fraction of sp³-hybridized carbons (Fsp3) is 0.375. The molecule has 1 fully saturated rings. The van der Waals surface area contributed by atoms with E-state index in [1.54, 1.807) is 11.8 Å². The second kappa shape index (κ2) is 5.83. The molecule has 4 heteroatoms. The summed E-state index contributed by atoms with van der Waals surface area (Å²) >= 11 is 1.57. The number of nitrogens with zero attached hydrogens (tertiary/aromatic N) is 1. The van der Waals surface area contributed by atoms with E-state index in [1.807, 2.05) is 36.7 Å². The van der Waals surface area contributed by atoms with Gasteiger partial charge in [-0.15, -0.1) is 0 Å². The molecule has 20 heavy (non-hydrogen) atoms. The fourth-order valence-electron chi connectivity index (χ4n) is 2.84. The van der Waals surface area contributed by atoms with E-state index >= 15 is 0 Å². The number of Topliss-reactive ketones (excluding diaryl/α,β-unsaturated/α-hetero) is 1. The number of fused-ring (bicyclic) bond motifs is 1. The van der Waals surface area contributed by atoms with Crippen molar-refractivity contribution in [3.63, 3.8) is 0 Å². The van der Waals surface area contributed by atoms with Crippen LogP contribution in [0.1, 0.15) is 29.6 Å². The number of rotatable bonds is 2. The maximum absolute atomic E-state index is 12.8. The summed E-state index contributed by atoms with van der Waals surface area (Å²) in [5, 5.41) is 1.90. The molecule has 0 unspecified atom stereocenters. The highest BCUT2D eigenvalue weighted by Gasteiger charge is 2.27. The number of carbonyl (C=O) groups excluding carboxylic acids is 1. The Balaban J connectivity index is 2.02. The molecule has 0 bridgehead atoms. The van der Waals surface area contributed by atoms with E-state index in [0.29, 0.717) is 0 Å². The van der Waals surface area contributed by atoms with Crippen molar-refractivity contribution in [2.24, 2.45) is 0 Å². The SMILES string of the molecule is CSC(C(=O)c1c[nH]c2ccccc12)=[N+]1CCCCC1. The van der Waals surface area contributed by atoms with Gasteiger partial charge in [0.2, 0.25) is 0 Å². The summed E-state index contributed by atoms with van der Waals surface area (Å²) in [5.74, 6) is 0.150. The van der Waals surface area contributed by atoms with Crippen LogP contribution in [0.3, 0.4) is 0 Å². The number of hydrogen-bond acceptors (Lipinski definition) is 2. The molecular weight excluding hydrogens is 268 g/mol. The molecule has 2 heterocycles. The van der Waals surface area contributed by atoms with Crippen molar-refractivity contribution in [3.8, 4) is 0 Å². The van der Waals surface area contributed by atoms with Crippen LogP contribution < -0.4 is 0 Å². The molecule has 0 radical (unpaired) electrons. The Kier molecular flexibility index (Phi) is 3.92. The van der Waals surface area contributed by atoms with E-state index in [0.717, 1.165) is 34.6 Å². The first-order chi connectivity index (χ1) is 9.81. The van der Waals surface area contributed by atoms with E-state index in [-0.39, 0.29) is 5.78 Å². The molecule has 104 valence electrons. The fourth-order valence-corrected chi connectivity index (χ4v) is 3.57. The molecule has 1 aliphatic heterocycles. The second-order valence-electron chi connectivity index (χ2n) is 5.13. The zero-order valence-electron chi connectivity index (χ0n) is 11.7. The Morgan fingerprint density at radius 1 is 1.20 bits per heavy atom. The van der Waals surface area contributed by atoms with Gasteiger partial charge < -0.3 is 4.98 Å². The van der Waals surface area contributed by atoms with Crippen LogP contribution in [0.5, 0.6) is 0 Å². The molecule has 1 aromatic heterocycles. The number of aromatic amines is 1. The molecule has 3 nitrogen and oxygen atoms in total. The van der Waals surface area contributed by atoms with Crippen LogP contribution in [0.4, 0.5) is 0 Å². The van der Waals surface area contributed by atoms with E-state index in [2.05, 4.69) is 9.56 Å². The Bertz CT molecular complexity index is 664. The summed E-state index contributed by atoms with van der Waals surface area (Å²) in [6.45, 7) is 2.01. The number of benzene rings is 1. The molecule has 1 aromatic carbocycles. The molecule has 0 aliphatic carbocycles. The van der Waals surface area contributed by atoms with E-state index in [1.165, 1.54) is 19.3 Å². The molecular formula is C16H19N2OS+. The highest BCUT2D eigenvalue weighted by Crippen LogP contribution is 2.21. The van der Waals surface area contributed by atoms with E-state index in [9.17, 15) is 4.79 Å².